The van der Waals surface area contributed by atoms with Crippen LogP contribution in [0.1, 0.15) is 10.4 Å². The number of amides is 1. The lowest BCUT2D eigenvalue weighted by Crippen LogP contribution is -2.12. The van der Waals surface area contributed by atoms with Crippen molar-refractivity contribution in [1.82, 2.24) is 19.9 Å². The Bertz CT molecular complexity index is 659. The molecular weight excluding hydrogens is 230 g/mol. The highest BCUT2D eigenvalue weighted by Gasteiger charge is 2.08. The van der Waals surface area contributed by atoms with Gasteiger partial charge in [0.15, 0.2) is 0 Å². The highest BCUT2D eigenvalue weighted by molar-refractivity contribution is 6.03. The molecule has 0 fully saturated rings. The van der Waals surface area contributed by atoms with E-state index in [4.69, 9.17) is 0 Å². The Balaban J connectivity index is 1.86. The minimum atomic E-state index is -0.255. The molecule has 0 atom stereocenters. The van der Waals surface area contributed by atoms with Crippen molar-refractivity contribution in [3.05, 3.63) is 48.5 Å². The van der Waals surface area contributed by atoms with Crippen molar-refractivity contribution in [3.63, 3.8) is 0 Å². The van der Waals surface area contributed by atoms with Gasteiger partial charge in [0.2, 0.25) is 5.95 Å². The van der Waals surface area contributed by atoms with Crippen LogP contribution in [0.3, 0.4) is 0 Å². The summed E-state index contributed by atoms with van der Waals surface area (Å²) in [5.41, 5.74) is 2.02. The first-order valence-corrected chi connectivity index (χ1v) is 5.34. The molecule has 0 spiro atoms. The molecule has 0 aromatic carbocycles. The number of rotatable bonds is 2. The van der Waals surface area contributed by atoms with Crippen LogP contribution >= 0.6 is 0 Å². The number of hydrogen-bond acceptors (Lipinski definition) is 4. The Hall–Kier alpha value is -2.76. The molecule has 18 heavy (non-hydrogen) atoms. The van der Waals surface area contributed by atoms with E-state index in [2.05, 4.69) is 25.3 Å². The molecule has 88 valence electrons. The molecule has 0 bridgehead atoms. The molecule has 2 N–H and O–H groups in total. The molecule has 1 amide bonds. The van der Waals surface area contributed by atoms with Gasteiger partial charge in [-0.2, -0.15) is 0 Å². The zero-order chi connectivity index (χ0) is 12.4. The molecule has 0 aliphatic carbocycles. The summed E-state index contributed by atoms with van der Waals surface area (Å²) >= 11 is 0. The van der Waals surface area contributed by atoms with Gasteiger partial charge < -0.3 is 4.98 Å². The van der Waals surface area contributed by atoms with E-state index in [1.165, 1.54) is 6.20 Å². The van der Waals surface area contributed by atoms with Crippen LogP contribution in [-0.2, 0) is 0 Å². The third-order valence-corrected chi connectivity index (χ3v) is 2.44. The Morgan fingerprint density at radius 1 is 1.17 bits per heavy atom. The van der Waals surface area contributed by atoms with Gasteiger partial charge in [0.1, 0.15) is 0 Å². The van der Waals surface area contributed by atoms with Crippen molar-refractivity contribution < 1.29 is 4.79 Å². The number of carbonyl (C=O) groups is 1. The number of anilines is 1. The SMILES string of the molecule is O=C(Nc1nc2ccncc2[nH]1)c1cccnc1. The molecule has 0 aliphatic heterocycles. The molecule has 6 nitrogen and oxygen atoms in total. The zero-order valence-corrected chi connectivity index (χ0v) is 9.29. The van der Waals surface area contributed by atoms with Gasteiger partial charge in [-0.25, -0.2) is 4.98 Å². The number of carbonyl (C=O) groups excluding carboxylic acids is 1. The third kappa shape index (κ3) is 1.91. The van der Waals surface area contributed by atoms with Crippen LogP contribution in [0.4, 0.5) is 5.95 Å². The van der Waals surface area contributed by atoms with E-state index in [0.29, 0.717) is 11.5 Å². The number of nitrogens with one attached hydrogen (secondary N) is 2. The fraction of sp³-hybridized carbons (Fsp3) is 0. The van der Waals surface area contributed by atoms with Crippen LogP contribution in [0.25, 0.3) is 11.0 Å². The summed E-state index contributed by atoms with van der Waals surface area (Å²) in [6.07, 6.45) is 6.42. The minimum Gasteiger partial charge on any atom is -0.323 e. The topological polar surface area (TPSA) is 83.6 Å². The van der Waals surface area contributed by atoms with Crippen molar-refractivity contribution >= 4 is 22.9 Å². The first kappa shape index (κ1) is 10.4. The monoisotopic (exact) mass is 239 g/mol. The molecule has 0 radical (unpaired) electrons. The van der Waals surface area contributed by atoms with Crippen LogP contribution in [0.5, 0.6) is 0 Å². The number of pyridine rings is 2. The quantitative estimate of drug-likeness (QED) is 0.711. The number of imidazole rings is 1. The third-order valence-electron chi connectivity index (χ3n) is 2.44. The molecule has 0 unspecified atom stereocenters. The molecule has 3 heterocycles. The van der Waals surface area contributed by atoms with Gasteiger partial charge in [0.25, 0.3) is 5.91 Å². The Morgan fingerprint density at radius 3 is 2.83 bits per heavy atom. The van der Waals surface area contributed by atoms with Crippen LogP contribution in [0.2, 0.25) is 0 Å². The lowest BCUT2D eigenvalue weighted by Gasteiger charge is -2.00. The van der Waals surface area contributed by atoms with Crippen molar-refractivity contribution in [2.45, 2.75) is 0 Å². The molecule has 6 heteroatoms. The normalized spacial score (nSPS) is 10.4. The maximum absolute atomic E-state index is 11.9. The van der Waals surface area contributed by atoms with E-state index in [1.54, 1.807) is 36.8 Å². The maximum atomic E-state index is 11.9. The number of H-pyrrole nitrogens is 1. The second-order valence-corrected chi connectivity index (χ2v) is 3.67. The summed E-state index contributed by atoms with van der Waals surface area (Å²) in [5.74, 6) is 0.141. The fourth-order valence-electron chi connectivity index (χ4n) is 1.59. The lowest BCUT2D eigenvalue weighted by molar-refractivity contribution is 0.102. The van der Waals surface area contributed by atoms with Crippen LogP contribution < -0.4 is 5.32 Å². The average molecular weight is 239 g/mol. The highest BCUT2D eigenvalue weighted by Crippen LogP contribution is 2.12. The van der Waals surface area contributed by atoms with E-state index in [9.17, 15) is 4.79 Å². The van der Waals surface area contributed by atoms with Gasteiger partial charge in [0, 0.05) is 18.6 Å². The predicted octanol–water partition coefficient (Wildman–Crippen LogP) is 1.61. The summed E-state index contributed by atoms with van der Waals surface area (Å²) in [6.45, 7) is 0. The lowest BCUT2D eigenvalue weighted by atomic mass is 10.3. The molecular formula is C12H9N5O. The first-order chi connectivity index (χ1) is 8.83. The largest absolute Gasteiger partial charge is 0.323 e. The summed E-state index contributed by atoms with van der Waals surface area (Å²) in [7, 11) is 0. The van der Waals surface area contributed by atoms with Crippen molar-refractivity contribution in [2.24, 2.45) is 0 Å². The summed E-state index contributed by atoms with van der Waals surface area (Å²) in [6, 6.07) is 5.16. The van der Waals surface area contributed by atoms with Gasteiger partial charge in [-0.3, -0.25) is 20.1 Å². The van der Waals surface area contributed by atoms with Gasteiger partial charge >= 0.3 is 0 Å². The van der Waals surface area contributed by atoms with Gasteiger partial charge in [-0.15, -0.1) is 0 Å². The van der Waals surface area contributed by atoms with Crippen LogP contribution in [0, 0.1) is 0 Å². The smallest absolute Gasteiger partial charge is 0.259 e. The Labute approximate surface area is 102 Å². The van der Waals surface area contributed by atoms with E-state index >= 15 is 0 Å². The highest BCUT2D eigenvalue weighted by atomic mass is 16.1. The first-order valence-electron chi connectivity index (χ1n) is 5.34. The maximum Gasteiger partial charge on any atom is 0.259 e. The number of aromatic amines is 1. The Kier molecular flexibility index (Phi) is 2.45. The standard InChI is InChI=1S/C12H9N5O/c18-11(8-2-1-4-13-6-8)17-12-15-9-3-5-14-7-10(9)16-12/h1-7H,(H2,15,16,17,18). The van der Waals surface area contributed by atoms with E-state index < -0.39 is 0 Å². The summed E-state index contributed by atoms with van der Waals surface area (Å²) < 4.78 is 0. The van der Waals surface area contributed by atoms with E-state index in [0.717, 1.165) is 11.0 Å². The van der Waals surface area contributed by atoms with E-state index in [-0.39, 0.29) is 5.91 Å². The molecule has 0 aliphatic rings. The second kappa shape index (κ2) is 4.25. The van der Waals surface area contributed by atoms with E-state index in [1.807, 2.05) is 0 Å². The number of aromatic nitrogens is 4. The average Bonchev–Trinajstić information content (AvgIpc) is 2.82. The number of fused-ring (bicyclic) bond motifs is 1. The summed E-state index contributed by atoms with van der Waals surface area (Å²) in [4.78, 5) is 26.9. The molecule has 0 saturated heterocycles. The second-order valence-electron chi connectivity index (χ2n) is 3.67. The van der Waals surface area contributed by atoms with Gasteiger partial charge in [0.05, 0.1) is 22.8 Å². The summed E-state index contributed by atoms with van der Waals surface area (Å²) in [5, 5.41) is 2.67. The van der Waals surface area contributed by atoms with Gasteiger partial charge in [-0.05, 0) is 18.2 Å². The number of nitrogens with zero attached hydrogens (tertiary/aromatic N) is 3. The predicted molar refractivity (Wildman–Crippen MR) is 66.1 cm³/mol. The van der Waals surface area contributed by atoms with Crippen molar-refractivity contribution in [2.75, 3.05) is 5.32 Å². The van der Waals surface area contributed by atoms with Crippen LogP contribution in [0.15, 0.2) is 43.0 Å². The fourth-order valence-corrected chi connectivity index (χ4v) is 1.59. The molecule has 0 saturated carbocycles. The van der Waals surface area contributed by atoms with Crippen LogP contribution in [-0.4, -0.2) is 25.8 Å². The zero-order valence-electron chi connectivity index (χ0n) is 9.29. The van der Waals surface area contributed by atoms with Crippen molar-refractivity contribution in [3.8, 4) is 0 Å². The molecule has 3 rings (SSSR count). The molecule has 3 aromatic rings. The Morgan fingerprint density at radius 2 is 2.06 bits per heavy atom. The van der Waals surface area contributed by atoms with Crippen molar-refractivity contribution in [1.29, 1.82) is 0 Å². The molecule has 3 aromatic heterocycles. The minimum absolute atomic E-state index is 0.255. The van der Waals surface area contributed by atoms with Gasteiger partial charge in [-0.1, -0.05) is 0 Å². The number of hydrogen-bond donors (Lipinski definition) is 2.